The molecular formula is C31H37N3O. The lowest BCUT2D eigenvalue weighted by Gasteiger charge is -2.30. The summed E-state index contributed by atoms with van der Waals surface area (Å²) in [5.41, 5.74) is 7.36. The molecule has 35 heavy (non-hydrogen) atoms. The summed E-state index contributed by atoms with van der Waals surface area (Å²) in [6.07, 6.45) is 3.74. The van der Waals surface area contributed by atoms with Crippen molar-refractivity contribution in [3.8, 4) is 0 Å². The summed E-state index contributed by atoms with van der Waals surface area (Å²) in [5.74, 6) is 0.771. The van der Waals surface area contributed by atoms with E-state index in [4.69, 9.17) is 0 Å². The van der Waals surface area contributed by atoms with Crippen LogP contribution in [0.5, 0.6) is 0 Å². The summed E-state index contributed by atoms with van der Waals surface area (Å²) in [7, 11) is 0. The number of carbonyl (C=O) groups is 1. The predicted octanol–water partition coefficient (Wildman–Crippen LogP) is 5.41. The minimum atomic E-state index is -0.0151. The van der Waals surface area contributed by atoms with Gasteiger partial charge in [-0.25, -0.2) is 0 Å². The standard InChI is InChI=1S/C31H37N3O/c1-24-6-5-16-33(20-24)22-27-8-4-7-26(18-27)19-32-31(35)29-13-11-25(12-14-29)21-34-17-15-28-9-2-3-10-30(28)23-34/h2-4,7-14,18,24H,5-6,15-17,19-23H2,1H3,(H,32,35). The fourth-order valence-corrected chi connectivity index (χ4v) is 5.52. The highest BCUT2D eigenvalue weighted by atomic mass is 16.1. The minimum Gasteiger partial charge on any atom is -0.348 e. The van der Waals surface area contributed by atoms with Crippen molar-refractivity contribution in [1.29, 1.82) is 0 Å². The average Bonchev–Trinajstić information content (AvgIpc) is 2.88. The average molecular weight is 468 g/mol. The third-order valence-electron chi connectivity index (χ3n) is 7.42. The molecule has 2 heterocycles. The SMILES string of the molecule is CC1CCCN(Cc2cccc(CNC(=O)c3ccc(CN4CCc5ccccc5C4)cc3)c2)C1. The Morgan fingerprint density at radius 1 is 0.857 bits per heavy atom. The zero-order valence-electron chi connectivity index (χ0n) is 20.9. The predicted molar refractivity (Wildman–Crippen MR) is 142 cm³/mol. The highest BCUT2D eigenvalue weighted by Gasteiger charge is 2.17. The smallest absolute Gasteiger partial charge is 0.251 e. The first-order valence-corrected chi connectivity index (χ1v) is 13.1. The highest BCUT2D eigenvalue weighted by Crippen LogP contribution is 2.21. The Balaban J connectivity index is 1.12. The molecule has 3 aromatic carbocycles. The minimum absolute atomic E-state index is 0.0151. The molecule has 2 aliphatic rings. The molecule has 5 rings (SSSR count). The summed E-state index contributed by atoms with van der Waals surface area (Å²) in [6.45, 7) is 9.25. The van der Waals surface area contributed by atoms with E-state index >= 15 is 0 Å². The number of nitrogens with one attached hydrogen (secondary N) is 1. The Bertz CT molecular complexity index is 1140. The third kappa shape index (κ3) is 6.39. The van der Waals surface area contributed by atoms with Gasteiger partial charge in [0.05, 0.1) is 0 Å². The van der Waals surface area contributed by atoms with Gasteiger partial charge in [0, 0.05) is 44.8 Å². The van der Waals surface area contributed by atoms with Gasteiger partial charge in [-0.15, -0.1) is 0 Å². The fourth-order valence-electron chi connectivity index (χ4n) is 5.52. The van der Waals surface area contributed by atoms with Crippen molar-refractivity contribution in [3.05, 3.63) is 106 Å². The van der Waals surface area contributed by atoms with E-state index in [1.54, 1.807) is 0 Å². The van der Waals surface area contributed by atoms with Crippen molar-refractivity contribution in [1.82, 2.24) is 15.1 Å². The summed E-state index contributed by atoms with van der Waals surface area (Å²) in [5, 5.41) is 3.10. The molecular weight excluding hydrogens is 430 g/mol. The van der Waals surface area contributed by atoms with Crippen molar-refractivity contribution < 1.29 is 4.79 Å². The van der Waals surface area contributed by atoms with E-state index in [1.165, 1.54) is 48.2 Å². The van der Waals surface area contributed by atoms with Gasteiger partial charge < -0.3 is 5.32 Å². The van der Waals surface area contributed by atoms with Crippen LogP contribution >= 0.6 is 0 Å². The van der Waals surface area contributed by atoms with Crippen LogP contribution in [-0.2, 0) is 32.6 Å². The number of hydrogen-bond acceptors (Lipinski definition) is 3. The Morgan fingerprint density at radius 2 is 1.63 bits per heavy atom. The first kappa shape index (κ1) is 23.8. The van der Waals surface area contributed by atoms with Gasteiger partial charge in [-0.05, 0) is 71.7 Å². The molecule has 0 aliphatic carbocycles. The molecule has 1 N–H and O–H groups in total. The van der Waals surface area contributed by atoms with Crippen LogP contribution in [0.1, 0.15) is 57.9 Å². The van der Waals surface area contributed by atoms with Crippen LogP contribution in [0.2, 0.25) is 0 Å². The number of fused-ring (bicyclic) bond motifs is 1. The zero-order chi connectivity index (χ0) is 24.0. The molecule has 0 radical (unpaired) electrons. The van der Waals surface area contributed by atoms with Gasteiger partial charge in [-0.2, -0.15) is 0 Å². The molecule has 1 saturated heterocycles. The zero-order valence-corrected chi connectivity index (χ0v) is 20.9. The monoisotopic (exact) mass is 467 g/mol. The maximum absolute atomic E-state index is 12.8. The largest absolute Gasteiger partial charge is 0.348 e. The number of likely N-dealkylation sites (tertiary alicyclic amines) is 1. The van der Waals surface area contributed by atoms with Crippen molar-refractivity contribution in [2.75, 3.05) is 19.6 Å². The molecule has 1 atom stereocenters. The number of rotatable bonds is 7. The summed E-state index contributed by atoms with van der Waals surface area (Å²) >= 11 is 0. The van der Waals surface area contributed by atoms with Gasteiger partial charge in [0.15, 0.2) is 0 Å². The van der Waals surface area contributed by atoms with E-state index in [0.29, 0.717) is 6.54 Å². The summed E-state index contributed by atoms with van der Waals surface area (Å²) in [4.78, 5) is 17.8. The Morgan fingerprint density at radius 3 is 2.46 bits per heavy atom. The molecule has 0 spiro atoms. The molecule has 0 saturated carbocycles. The molecule has 1 amide bonds. The van der Waals surface area contributed by atoms with Gasteiger partial charge in [0.25, 0.3) is 5.91 Å². The van der Waals surface area contributed by atoms with Crippen LogP contribution in [0, 0.1) is 5.92 Å². The van der Waals surface area contributed by atoms with Gasteiger partial charge in [-0.3, -0.25) is 14.6 Å². The van der Waals surface area contributed by atoms with E-state index in [9.17, 15) is 4.79 Å². The molecule has 0 bridgehead atoms. The maximum atomic E-state index is 12.8. The van der Waals surface area contributed by atoms with Crippen LogP contribution in [-0.4, -0.2) is 35.3 Å². The van der Waals surface area contributed by atoms with Crippen LogP contribution in [0.4, 0.5) is 0 Å². The number of nitrogens with zero attached hydrogens (tertiary/aromatic N) is 2. The van der Waals surface area contributed by atoms with Crippen LogP contribution in [0.25, 0.3) is 0 Å². The van der Waals surface area contributed by atoms with Crippen molar-refractivity contribution in [3.63, 3.8) is 0 Å². The number of hydrogen-bond donors (Lipinski definition) is 1. The molecule has 182 valence electrons. The molecule has 2 aliphatic heterocycles. The first-order valence-electron chi connectivity index (χ1n) is 13.1. The summed E-state index contributed by atoms with van der Waals surface area (Å²) in [6, 6.07) is 25.5. The van der Waals surface area contributed by atoms with E-state index < -0.39 is 0 Å². The molecule has 3 aromatic rings. The topological polar surface area (TPSA) is 35.6 Å². The van der Waals surface area contributed by atoms with Crippen molar-refractivity contribution in [2.45, 2.75) is 52.4 Å². The lowest BCUT2D eigenvalue weighted by atomic mass is 9.99. The molecule has 1 unspecified atom stereocenters. The fraction of sp³-hybridized carbons (Fsp3) is 0.387. The number of amides is 1. The molecule has 0 aromatic heterocycles. The normalized spacial score (nSPS) is 18.7. The van der Waals surface area contributed by atoms with Crippen LogP contribution in [0.15, 0.2) is 72.8 Å². The van der Waals surface area contributed by atoms with Crippen molar-refractivity contribution in [2.24, 2.45) is 5.92 Å². The van der Waals surface area contributed by atoms with E-state index in [2.05, 4.69) is 82.7 Å². The lowest BCUT2D eigenvalue weighted by molar-refractivity contribution is 0.0951. The molecule has 4 heteroatoms. The first-order chi connectivity index (χ1) is 17.1. The number of piperidine rings is 1. The van der Waals surface area contributed by atoms with Gasteiger partial charge in [0.2, 0.25) is 0 Å². The second kappa shape index (κ2) is 11.2. The van der Waals surface area contributed by atoms with Gasteiger partial charge in [0.1, 0.15) is 0 Å². The van der Waals surface area contributed by atoms with E-state index in [1.807, 2.05) is 12.1 Å². The highest BCUT2D eigenvalue weighted by molar-refractivity contribution is 5.94. The number of carbonyl (C=O) groups excluding carboxylic acids is 1. The second-order valence-corrected chi connectivity index (χ2v) is 10.4. The maximum Gasteiger partial charge on any atom is 0.251 e. The number of benzene rings is 3. The van der Waals surface area contributed by atoms with Gasteiger partial charge >= 0.3 is 0 Å². The second-order valence-electron chi connectivity index (χ2n) is 10.4. The molecule has 1 fully saturated rings. The Kier molecular flexibility index (Phi) is 7.60. The van der Waals surface area contributed by atoms with Crippen LogP contribution in [0.3, 0.4) is 0 Å². The van der Waals surface area contributed by atoms with E-state index in [-0.39, 0.29) is 5.91 Å². The lowest BCUT2D eigenvalue weighted by Crippen LogP contribution is -2.33. The van der Waals surface area contributed by atoms with Crippen LogP contribution < -0.4 is 5.32 Å². The van der Waals surface area contributed by atoms with Gasteiger partial charge in [-0.1, -0.05) is 67.6 Å². The Labute approximate surface area is 210 Å². The third-order valence-corrected chi connectivity index (χ3v) is 7.42. The quantitative estimate of drug-likeness (QED) is 0.505. The Hall–Kier alpha value is -2.95. The van der Waals surface area contributed by atoms with Crippen molar-refractivity contribution >= 4 is 5.91 Å². The van der Waals surface area contributed by atoms with E-state index in [0.717, 1.165) is 49.6 Å². The summed E-state index contributed by atoms with van der Waals surface area (Å²) < 4.78 is 0. The molecule has 4 nitrogen and oxygen atoms in total.